The molecule has 0 bridgehead atoms. The van der Waals surface area contributed by atoms with Crippen molar-refractivity contribution in [1.29, 1.82) is 0 Å². The number of nitrogens with zero attached hydrogens (tertiary/aromatic N) is 2. The second kappa shape index (κ2) is 10.1. The van der Waals surface area contributed by atoms with Crippen molar-refractivity contribution in [3.63, 3.8) is 0 Å². The van der Waals surface area contributed by atoms with E-state index in [-0.39, 0.29) is 17.8 Å². The van der Waals surface area contributed by atoms with Gasteiger partial charge in [0.1, 0.15) is 5.75 Å². The largest absolute Gasteiger partial charge is 0.497 e. The highest BCUT2D eigenvalue weighted by Gasteiger charge is 2.13. The highest BCUT2D eigenvalue weighted by Crippen LogP contribution is 2.23. The Kier molecular flexibility index (Phi) is 6.56. The highest BCUT2D eigenvalue weighted by molar-refractivity contribution is 6.04. The Morgan fingerprint density at radius 1 is 0.879 bits per heavy atom. The number of carbonyl (C=O) groups is 2. The Balaban J connectivity index is 1.34. The number of nitrogens with one attached hydrogen (secondary N) is 2. The molecule has 0 aliphatic heterocycles. The quantitative estimate of drug-likeness (QED) is 0.405. The molecule has 3 aromatic carbocycles. The number of benzene rings is 3. The summed E-state index contributed by atoms with van der Waals surface area (Å²) in [6.07, 6.45) is 3.17. The van der Waals surface area contributed by atoms with Gasteiger partial charge in [0, 0.05) is 22.9 Å². The van der Waals surface area contributed by atoms with Gasteiger partial charge < -0.3 is 14.5 Å². The monoisotopic (exact) mass is 440 g/mol. The number of hydrogen-bond donors (Lipinski definition) is 2. The van der Waals surface area contributed by atoms with E-state index in [9.17, 15) is 9.59 Å². The van der Waals surface area contributed by atoms with E-state index in [1.165, 1.54) is 6.08 Å². The van der Waals surface area contributed by atoms with Gasteiger partial charge in [0.2, 0.25) is 11.8 Å². The second-order valence-corrected chi connectivity index (χ2v) is 6.91. The van der Waals surface area contributed by atoms with E-state index in [4.69, 9.17) is 9.15 Å². The van der Waals surface area contributed by atoms with Gasteiger partial charge in [-0.15, -0.1) is 5.10 Å². The number of carbonyl (C=O) groups excluding carboxylic acids is 2. The molecule has 0 aliphatic rings. The van der Waals surface area contributed by atoms with Crippen molar-refractivity contribution >= 4 is 29.6 Å². The molecule has 33 heavy (non-hydrogen) atoms. The van der Waals surface area contributed by atoms with Gasteiger partial charge in [-0.25, -0.2) is 0 Å². The lowest BCUT2D eigenvalue weighted by Gasteiger charge is -2.04. The first-order valence-electron chi connectivity index (χ1n) is 10.0. The maximum atomic E-state index is 12.5. The van der Waals surface area contributed by atoms with Gasteiger partial charge in [0.05, 0.1) is 7.11 Å². The molecule has 164 valence electrons. The molecule has 0 aliphatic carbocycles. The molecule has 1 aromatic heterocycles. The molecular formula is C25H20N4O4. The minimum Gasteiger partial charge on any atom is -0.497 e. The minimum absolute atomic E-state index is 0.0192. The number of anilines is 2. The van der Waals surface area contributed by atoms with Crippen molar-refractivity contribution in [3.8, 4) is 17.2 Å². The van der Waals surface area contributed by atoms with Crippen LogP contribution in [-0.4, -0.2) is 29.1 Å². The summed E-state index contributed by atoms with van der Waals surface area (Å²) in [5.74, 6) is 0.294. The molecule has 2 N–H and O–H groups in total. The third kappa shape index (κ3) is 5.71. The molecule has 0 spiro atoms. The molecule has 0 radical (unpaired) electrons. The summed E-state index contributed by atoms with van der Waals surface area (Å²) >= 11 is 0. The molecule has 4 aromatic rings. The van der Waals surface area contributed by atoms with Crippen LogP contribution in [0.2, 0.25) is 0 Å². The molecule has 2 amide bonds. The molecule has 0 unspecified atom stereocenters. The Hall–Kier alpha value is -4.72. The standard InChI is InChI=1S/C25H20N4O4/c1-32-21-14-10-19(11-15-21)24-28-29-25(33-24)27-23(31)18-8-12-20(13-9-18)26-22(30)16-7-17-5-3-2-4-6-17/h2-16H,1H3,(H,26,30)(H,27,29,31)/b16-7+. The fourth-order valence-corrected chi connectivity index (χ4v) is 2.92. The smallest absolute Gasteiger partial charge is 0.322 e. The topological polar surface area (TPSA) is 106 Å². The lowest BCUT2D eigenvalue weighted by atomic mass is 10.2. The summed E-state index contributed by atoms with van der Waals surface area (Å²) in [4.78, 5) is 24.6. The SMILES string of the molecule is COc1ccc(-c2nnc(NC(=O)c3ccc(NC(=O)/C=C/c4ccccc4)cc3)o2)cc1. The summed E-state index contributed by atoms with van der Waals surface area (Å²) in [7, 11) is 1.58. The minimum atomic E-state index is -0.415. The van der Waals surface area contributed by atoms with Crippen molar-refractivity contribution in [2.45, 2.75) is 0 Å². The molecule has 8 nitrogen and oxygen atoms in total. The van der Waals surface area contributed by atoms with Crippen molar-refractivity contribution in [1.82, 2.24) is 10.2 Å². The molecule has 1 heterocycles. The predicted octanol–water partition coefficient (Wildman–Crippen LogP) is 4.65. The van der Waals surface area contributed by atoms with E-state index in [1.807, 2.05) is 30.3 Å². The van der Waals surface area contributed by atoms with Gasteiger partial charge >= 0.3 is 6.01 Å². The predicted molar refractivity (Wildman–Crippen MR) is 125 cm³/mol. The lowest BCUT2D eigenvalue weighted by Crippen LogP contribution is -2.12. The first kappa shape index (κ1) is 21.5. The number of hydrogen-bond acceptors (Lipinski definition) is 6. The number of ether oxygens (including phenoxy) is 1. The second-order valence-electron chi connectivity index (χ2n) is 6.91. The Morgan fingerprint density at radius 2 is 1.61 bits per heavy atom. The van der Waals surface area contributed by atoms with Crippen LogP contribution in [0.25, 0.3) is 17.5 Å². The Labute approximate surface area is 189 Å². The summed E-state index contributed by atoms with van der Waals surface area (Å²) in [6, 6.07) is 23.1. The van der Waals surface area contributed by atoms with Crippen LogP contribution in [-0.2, 0) is 4.79 Å². The third-order valence-corrected chi connectivity index (χ3v) is 4.62. The van der Waals surface area contributed by atoms with Gasteiger partial charge in [-0.3, -0.25) is 14.9 Å². The first-order valence-corrected chi connectivity index (χ1v) is 10.0. The molecule has 0 saturated heterocycles. The first-order chi connectivity index (χ1) is 16.1. The van der Waals surface area contributed by atoms with Crippen molar-refractivity contribution in [2.75, 3.05) is 17.7 Å². The maximum Gasteiger partial charge on any atom is 0.322 e. The van der Waals surface area contributed by atoms with E-state index in [0.717, 1.165) is 5.56 Å². The van der Waals surface area contributed by atoms with Crippen molar-refractivity contribution in [2.24, 2.45) is 0 Å². The van der Waals surface area contributed by atoms with Crippen LogP contribution in [0, 0.1) is 0 Å². The van der Waals surface area contributed by atoms with E-state index < -0.39 is 5.91 Å². The number of methoxy groups -OCH3 is 1. The van der Waals surface area contributed by atoms with Gasteiger partial charge in [0.25, 0.3) is 5.91 Å². The highest BCUT2D eigenvalue weighted by atomic mass is 16.5. The summed E-state index contributed by atoms with van der Waals surface area (Å²) in [5.41, 5.74) is 2.56. The summed E-state index contributed by atoms with van der Waals surface area (Å²) in [6.45, 7) is 0. The summed E-state index contributed by atoms with van der Waals surface area (Å²) < 4.78 is 10.6. The normalized spacial score (nSPS) is 10.7. The van der Waals surface area contributed by atoms with Crippen LogP contribution >= 0.6 is 0 Å². The van der Waals surface area contributed by atoms with Crippen LogP contribution in [0.15, 0.2) is 89.4 Å². The van der Waals surface area contributed by atoms with Gasteiger partial charge in [-0.1, -0.05) is 35.4 Å². The van der Waals surface area contributed by atoms with Gasteiger partial charge in [-0.05, 0) is 60.2 Å². The number of amides is 2. The van der Waals surface area contributed by atoms with Crippen LogP contribution < -0.4 is 15.4 Å². The van der Waals surface area contributed by atoms with Crippen molar-refractivity contribution < 1.29 is 18.7 Å². The van der Waals surface area contributed by atoms with Crippen LogP contribution in [0.1, 0.15) is 15.9 Å². The molecule has 8 heteroatoms. The van der Waals surface area contributed by atoms with Crippen LogP contribution in [0.5, 0.6) is 5.75 Å². The zero-order chi connectivity index (χ0) is 23.0. The number of rotatable bonds is 7. The van der Waals surface area contributed by atoms with Gasteiger partial charge in [-0.2, -0.15) is 0 Å². The Bertz CT molecular complexity index is 1260. The van der Waals surface area contributed by atoms with E-state index >= 15 is 0 Å². The average Bonchev–Trinajstić information content (AvgIpc) is 3.32. The molecule has 0 atom stereocenters. The molecule has 0 saturated carbocycles. The Morgan fingerprint density at radius 3 is 2.30 bits per heavy atom. The lowest BCUT2D eigenvalue weighted by molar-refractivity contribution is -0.111. The van der Waals surface area contributed by atoms with Crippen molar-refractivity contribution in [3.05, 3.63) is 96.1 Å². The molecule has 4 rings (SSSR count). The fourth-order valence-electron chi connectivity index (χ4n) is 2.92. The van der Waals surface area contributed by atoms with E-state index in [1.54, 1.807) is 61.7 Å². The molecular weight excluding hydrogens is 420 g/mol. The fraction of sp³-hybridized carbons (Fsp3) is 0.0400. The van der Waals surface area contributed by atoms with Crippen LogP contribution in [0.4, 0.5) is 11.7 Å². The third-order valence-electron chi connectivity index (χ3n) is 4.62. The van der Waals surface area contributed by atoms with Gasteiger partial charge in [0.15, 0.2) is 0 Å². The maximum absolute atomic E-state index is 12.5. The zero-order valence-corrected chi connectivity index (χ0v) is 17.7. The summed E-state index contributed by atoms with van der Waals surface area (Å²) in [5, 5.41) is 13.1. The van der Waals surface area contributed by atoms with E-state index in [2.05, 4.69) is 20.8 Å². The molecule has 0 fully saturated rings. The zero-order valence-electron chi connectivity index (χ0n) is 17.7. The van der Waals surface area contributed by atoms with E-state index in [0.29, 0.717) is 22.6 Å². The number of aromatic nitrogens is 2. The average molecular weight is 440 g/mol. The van der Waals surface area contributed by atoms with Crippen LogP contribution in [0.3, 0.4) is 0 Å².